The number of hydrogen-bond donors (Lipinski definition) is 1. The first kappa shape index (κ1) is 17.9. The smallest absolute Gasteiger partial charge is 0.346 e. The number of piperidine rings is 1. The molecule has 132 valence electrons. The molecular weight excluding hydrogens is 330 g/mol. The summed E-state index contributed by atoms with van der Waals surface area (Å²) >= 11 is 0. The van der Waals surface area contributed by atoms with Crippen molar-refractivity contribution in [1.29, 1.82) is 0 Å². The predicted octanol–water partition coefficient (Wildman–Crippen LogP) is 1.96. The molecule has 10 heteroatoms. The molecule has 4 nitrogen and oxygen atoms in total. The standard InChI is InChI=1S/C13H16F6N2O2/c1-11(2)6-4-21(5-7(6)11)8(22)3-20-10(23)9(12(14,15)16)13(17,18)19/h6-7,9H,3-5H2,1-2H3,(H,20,23). The second-order valence-corrected chi connectivity index (χ2v) is 6.57. The van der Waals surface area contributed by atoms with Crippen molar-refractivity contribution in [3.05, 3.63) is 0 Å². The lowest BCUT2D eigenvalue weighted by molar-refractivity contribution is -0.274. The molecule has 2 rings (SSSR count). The fourth-order valence-electron chi connectivity index (χ4n) is 3.20. The molecule has 1 aliphatic carbocycles. The number of nitrogens with one attached hydrogen (secondary N) is 1. The molecule has 2 fully saturated rings. The van der Waals surface area contributed by atoms with Crippen LogP contribution in [0.2, 0.25) is 0 Å². The monoisotopic (exact) mass is 346 g/mol. The molecule has 1 aliphatic heterocycles. The van der Waals surface area contributed by atoms with Crippen LogP contribution in [0.25, 0.3) is 0 Å². The molecule has 2 amide bonds. The highest BCUT2D eigenvalue weighted by molar-refractivity contribution is 5.86. The quantitative estimate of drug-likeness (QED) is 0.795. The summed E-state index contributed by atoms with van der Waals surface area (Å²) in [6, 6.07) is 0. The van der Waals surface area contributed by atoms with Gasteiger partial charge in [-0.05, 0) is 17.3 Å². The summed E-state index contributed by atoms with van der Waals surface area (Å²) in [5, 5.41) is 1.45. The highest BCUT2D eigenvalue weighted by Gasteiger charge is 2.63. The Bertz CT molecular complexity index is 486. The molecule has 2 atom stereocenters. The van der Waals surface area contributed by atoms with Gasteiger partial charge in [0.1, 0.15) is 0 Å². The topological polar surface area (TPSA) is 49.4 Å². The number of halogens is 6. The van der Waals surface area contributed by atoms with Crippen molar-refractivity contribution in [2.75, 3.05) is 19.6 Å². The first-order valence-corrected chi connectivity index (χ1v) is 6.95. The Balaban J connectivity index is 1.88. The van der Waals surface area contributed by atoms with Gasteiger partial charge in [0, 0.05) is 13.1 Å². The summed E-state index contributed by atoms with van der Waals surface area (Å²) in [7, 11) is 0. The fourth-order valence-corrected chi connectivity index (χ4v) is 3.20. The van der Waals surface area contributed by atoms with E-state index >= 15 is 0 Å². The molecule has 1 heterocycles. The van der Waals surface area contributed by atoms with Gasteiger partial charge >= 0.3 is 12.4 Å². The Kier molecular flexibility index (Phi) is 4.09. The largest absolute Gasteiger partial charge is 0.409 e. The number of hydrogen-bond acceptors (Lipinski definition) is 2. The number of carbonyl (C=O) groups excluding carboxylic acids is 2. The van der Waals surface area contributed by atoms with Gasteiger partial charge in [-0.2, -0.15) is 26.3 Å². The number of fused-ring (bicyclic) bond motifs is 1. The first-order chi connectivity index (χ1) is 10.3. The molecule has 1 saturated heterocycles. The maximum Gasteiger partial charge on any atom is 0.409 e. The van der Waals surface area contributed by atoms with Crippen LogP contribution in [0.1, 0.15) is 13.8 Å². The Morgan fingerprint density at radius 2 is 1.52 bits per heavy atom. The lowest BCUT2D eigenvalue weighted by Crippen LogP contribution is -2.50. The number of alkyl halides is 6. The maximum absolute atomic E-state index is 12.4. The van der Waals surface area contributed by atoms with Crippen molar-refractivity contribution in [1.82, 2.24) is 10.2 Å². The number of carbonyl (C=O) groups is 2. The minimum atomic E-state index is -5.76. The van der Waals surface area contributed by atoms with Gasteiger partial charge < -0.3 is 10.2 Å². The highest BCUT2D eigenvalue weighted by Crippen LogP contribution is 2.61. The lowest BCUT2D eigenvalue weighted by atomic mass is 10.1. The molecule has 0 aromatic heterocycles. The zero-order chi connectivity index (χ0) is 17.8. The van der Waals surface area contributed by atoms with E-state index in [9.17, 15) is 35.9 Å². The summed E-state index contributed by atoms with van der Waals surface area (Å²) in [5.74, 6) is -6.48. The number of rotatable bonds is 3. The summed E-state index contributed by atoms with van der Waals surface area (Å²) in [4.78, 5) is 24.4. The molecule has 2 unspecified atom stereocenters. The molecule has 23 heavy (non-hydrogen) atoms. The third-order valence-electron chi connectivity index (χ3n) is 4.81. The van der Waals surface area contributed by atoms with Gasteiger partial charge in [-0.25, -0.2) is 0 Å². The van der Waals surface area contributed by atoms with Crippen LogP contribution in [0.15, 0.2) is 0 Å². The molecule has 0 radical (unpaired) electrons. The van der Waals surface area contributed by atoms with Crippen LogP contribution in [0, 0.1) is 23.2 Å². The van der Waals surface area contributed by atoms with Crippen molar-refractivity contribution in [3.8, 4) is 0 Å². The van der Waals surface area contributed by atoms with Crippen LogP contribution < -0.4 is 5.32 Å². The van der Waals surface area contributed by atoms with E-state index in [0.717, 1.165) is 0 Å². The van der Waals surface area contributed by atoms with E-state index in [1.165, 1.54) is 10.2 Å². The van der Waals surface area contributed by atoms with Gasteiger partial charge in [0.2, 0.25) is 17.7 Å². The maximum atomic E-state index is 12.4. The van der Waals surface area contributed by atoms with E-state index in [0.29, 0.717) is 24.9 Å². The van der Waals surface area contributed by atoms with Crippen molar-refractivity contribution in [2.45, 2.75) is 26.2 Å². The average molecular weight is 346 g/mol. The van der Waals surface area contributed by atoms with Crippen LogP contribution in [0.4, 0.5) is 26.3 Å². The number of likely N-dealkylation sites (tertiary alicyclic amines) is 1. The molecule has 1 saturated carbocycles. The van der Waals surface area contributed by atoms with Crippen LogP contribution in [0.3, 0.4) is 0 Å². The Labute approximate surface area is 128 Å². The zero-order valence-corrected chi connectivity index (χ0v) is 12.4. The van der Waals surface area contributed by atoms with Gasteiger partial charge in [0.05, 0.1) is 6.54 Å². The Morgan fingerprint density at radius 1 is 1.09 bits per heavy atom. The highest BCUT2D eigenvalue weighted by atomic mass is 19.4. The van der Waals surface area contributed by atoms with Gasteiger partial charge in [-0.1, -0.05) is 13.8 Å². The molecule has 2 aliphatic rings. The first-order valence-electron chi connectivity index (χ1n) is 6.95. The van der Waals surface area contributed by atoms with Crippen LogP contribution >= 0.6 is 0 Å². The Hall–Kier alpha value is -1.48. The third-order valence-corrected chi connectivity index (χ3v) is 4.81. The number of amides is 2. The molecule has 0 aromatic carbocycles. The van der Waals surface area contributed by atoms with Crippen molar-refractivity contribution >= 4 is 11.8 Å². The summed E-state index contributed by atoms with van der Waals surface area (Å²) < 4.78 is 74.1. The minimum absolute atomic E-state index is 0.109. The normalized spacial score (nSPS) is 26.2. The summed E-state index contributed by atoms with van der Waals surface area (Å²) in [6.45, 7) is 4.01. The Morgan fingerprint density at radius 3 is 1.91 bits per heavy atom. The second-order valence-electron chi connectivity index (χ2n) is 6.57. The van der Waals surface area contributed by atoms with E-state index < -0.39 is 36.6 Å². The van der Waals surface area contributed by atoms with Crippen molar-refractivity contribution < 1.29 is 35.9 Å². The van der Waals surface area contributed by atoms with E-state index in [-0.39, 0.29) is 5.41 Å². The lowest BCUT2D eigenvalue weighted by Gasteiger charge is -2.24. The fraction of sp³-hybridized carbons (Fsp3) is 0.846. The third kappa shape index (κ3) is 3.40. The van der Waals surface area contributed by atoms with Gasteiger partial charge in [-0.15, -0.1) is 0 Å². The van der Waals surface area contributed by atoms with Crippen LogP contribution in [-0.2, 0) is 9.59 Å². The SMILES string of the molecule is CC1(C)C2CN(C(=O)CNC(=O)C(C(F)(F)F)C(F)(F)F)CC21. The predicted molar refractivity (Wildman–Crippen MR) is 66.0 cm³/mol. The van der Waals surface area contributed by atoms with Crippen LogP contribution in [-0.4, -0.2) is 48.7 Å². The van der Waals surface area contributed by atoms with Gasteiger partial charge in [0.15, 0.2) is 0 Å². The van der Waals surface area contributed by atoms with E-state index in [4.69, 9.17) is 0 Å². The van der Waals surface area contributed by atoms with E-state index in [1.807, 2.05) is 13.8 Å². The minimum Gasteiger partial charge on any atom is -0.346 e. The van der Waals surface area contributed by atoms with E-state index in [2.05, 4.69) is 0 Å². The summed E-state index contributed by atoms with van der Waals surface area (Å²) in [5.41, 5.74) is 0.109. The molecule has 1 N–H and O–H groups in total. The summed E-state index contributed by atoms with van der Waals surface area (Å²) in [6.07, 6.45) is -11.5. The van der Waals surface area contributed by atoms with Crippen molar-refractivity contribution in [2.24, 2.45) is 23.2 Å². The molecule has 0 bridgehead atoms. The molecular formula is C13H16F6N2O2. The van der Waals surface area contributed by atoms with Gasteiger partial charge in [0.25, 0.3) is 0 Å². The van der Waals surface area contributed by atoms with E-state index in [1.54, 1.807) is 0 Å². The van der Waals surface area contributed by atoms with Gasteiger partial charge in [-0.3, -0.25) is 9.59 Å². The molecule has 0 aromatic rings. The zero-order valence-electron chi connectivity index (χ0n) is 12.4. The average Bonchev–Trinajstić information content (AvgIpc) is 2.75. The second kappa shape index (κ2) is 5.27. The van der Waals surface area contributed by atoms with Crippen molar-refractivity contribution in [3.63, 3.8) is 0 Å². The van der Waals surface area contributed by atoms with Crippen LogP contribution in [0.5, 0.6) is 0 Å². The number of nitrogens with zero attached hydrogens (tertiary/aromatic N) is 1. The molecule has 0 spiro atoms.